The first-order valence-electron chi connectivity index (χ1n) is 6.22. The van der Waals surface area contributed by atoms with Crippen LogP contribution >= 0.6 is 15.9 Å². The van der Waals surface area contributed by atoms with E-state index in [1.54, 1.807) is 32.0 Å². The summed E-state index contributed by atoms with van der Waals surface area (Å²) in [6.07, 6.45) is 0. The topological polar surface area (TPSA) is 74.7 Å². The minimum atomic E-state index is -3.54. The minimum Gasteiger partial charge on any atom is -0.481 e. The molecule has 0 amide bonds. The summed E-state index contributed by atoms with van der Waals surface area (Å²) in [5.41, 5.74) is 0.683. The van der Waals surface area contributed by atoms with E-state index in [-0.39, 0.29) is 23.9 Å². The fourth-order valence-corrected chi connectivity index (χ4v) is 4.49. The van der Waals surface area contributed by atoms with Crippen LogP contribution in [0.4, 0.5) is 0 Å². The number of carboxylic acids is 1. The molecule has 0 saturated carbocycles. The molecule has 5 nitrogen and oxygen atoms in total. The van der Waals surface area contributed by atoms with E-state index in [9.17, 15) is 13.2 Å². The Balaban J connectivity index is 2.18. The molecule has 110 valence electrons. The van der Waals surface area contributed by atoms with Crippen molar-refractivity contribution in [3.63, 3.8) is 0 Å². The van der Waals surface area contributed by atoms with E-state index in [1.165, 1.54) is 4.31 Å². The molecule has 0 aliphatic carbocycles. The lowest BCUT2D eigenvalue weighted by atomic mass is 9.89. The molecule has 1 aliphatic rings. The van der Waals surface area contributed by atoms with Gasteiger partial charge in [-0.15, -0.1) is 0 Å². The van der Waals surface area contributed by atoms with E-state index in [0.29, 0.717) is 10.0 Å². The number of sulfonamides is 1. The van der Waals surface area contributed by atoms with Gasteiger partial charge in [0.15, 0.2) is 0 Å². The van der Waals surface area contributed by atoms with Gasteiger partial charge >= 0.3 is 5.97 Å². The highest BCUT2D eigenvalue weighted by atomic mass is 79.9. The highest BCUT2D eigenvalue weighted by molar-refractivity contribution is 9.10. The van der Waals surface area contributed by atoms with Crippen molar-refractivity contribution in [3.8, 4) is 0 Å². The van der Waals surface area contributed by atoms with Gasteiger partial charge in [0, 0.05) is 17.6 Å². The monoisotopic (exact) mass is 361 g/mol. The maximum Gasteiger partial charge on any atom is 0.306 e. The molecule has 1 unspecified atom stereocenters. The Bertz CT molecular complexity index is 638. The van der Waals surface area contributed by atoms with Crippen molar-refractivity contribution in [2.75, 3.05) is 13.1 Å². The van der Waals surface area contributed by atoms with Crippen LogP contribution < -0.4 is 0 Å². The van der Waals surface area contributed by atoms with Crippen LogP contribution in [-0.4, -0.2) is 36.9 Å². The number of aliphatic carboxylic acids is 1. The molecule has 1 aliphatic heterocycles. The Kier molecular flexibility index (Phi) is 4.22. The summed E-state index contributed by atoms with van der Waals surface area (Å²) in [6.45, 7) is 3.89. The van der Waals surface area contributed by atoms with E-state index >= 15 is 0 Å². The van der Waals surface area contributed by atoms with Crippen LogP contribution in [0.2, 0.25) is 0 Å². The van der Waals surface area contributed by atoms with Crippen LogP contribution in [0.1, 0.15) is 12.5 Å². The maximum absolute atomic E-state index is 12.5. The van der Waals surface area contributed by atoms with Crippen LogP contribution in [0, 0.1) is 18.8 Å². The molecule has 1 heterocycles. The van der Waals surface area contributed by atoms with Gasteiger partial charge in [-0.05, 0) is 30.5 Å². The van der Waals surface area contributed by atoms with Crippen LogP contribution in [0.3, 0.4) is 0 Å². The summed E-state index contributed by atoms with van der Waals surface area (Å²) < 4.78 is 27.0. The molecule has 0 aromatic heterocycles. The zero-order chi connectivity index (χ0) is 15.1. The molecule has 0 radical (unpaired) electrons. The van der Waals surface area contributed by atoms with Crippen molar-refractivity contribution in [1.29, 1.82) is 0 Å². The summed E-state index contributed by atoms with van der Waals surface area (Å²) in [5, 5.41) is 8.93. The van der Waals surface area contributed by atoms with Crippen molar-refractivity contribution in [1.82, 2.24) is 4.31 Å². The standard InChI is InChI=1S/C13H16BrNO4S/c1-8-3-4-11(14)5-12(8)20(18,19)15-6-10(7-15)9(2)13(16)17/h3-5,9-10H,6-7H2,1-2H3,(H,16,17). The van der Waals surface area contributed by atoms with E-state index < -0.39 is 21.9 Å². The Morgan fingerprint density at radius 2 is 2.05 bits per heavy atom. The highest BCUT2D eigenvalue weighted by Crippen LogP contribution is 2.32. The molecule has 7 heteroatoms. The van der Waals surface area contributed by atoms with Crippen molar-refractivity contribution in [2.24, 2.45) is 11.8 Å². The molecular weight excluding hydrogens is 346 g/mol. The number of halogens is 1. The first kappa shape index (κ1) is 15.5. The normalized spacial score (nSPS) is 18.6. The lowest BCUT2D eigenvalue weighted by Gasteiger charge is -2.40. The van der Waals surface area contributed by atoms with Gasteiger partial charge in [-0.1, -0.05) is 28.9 Å². The Morgan fingerprint density at radius 1 is 1.45 bits per heavy atom. The lowest BCUT2D eigenvalue weighted by molar-refractivity contribution is -0.144. The summed E-state index contributed by atoms with van der Waals surface area (Å²) in [7, 11) is -3.54. The largest absolute Gasteiger partial charge is 0.481 e. The van der Waals surface area contributed by atoms with Crippen LogP contribution in [0.15, 0.2) is 27.6 Å². The van der Waals surface area contributed by atoms with E-state index in [0.717, 1.165) is 0 Å². The molecule has 1 saturated heterocycles. The predicted octanol–water partition coefficient (Wildman–Crippen LogP) is 2.10. The van der Waals surface area contributed by atoms with Gasteiger partial charge < -0.3 is 5.11 Å². The summed E-state index contributed by atoms with van der Waals surface area (Å²) in [4.78, 5) is 11.2. The van der Waals surface area contributed by atoms with Gasteiger partial charge in [0.25, 0.3) is 0 Å². The van der Waals surface area contributed by atoms with Crippen molar-refractivity contribution in [3.05, 3.63) is 28.2 Å². The number of hydrogen-bond acceptors (Lipinski definition) is 3. The summed E-state index contributed by atoms with van der Waals surface area (Å²) >= 11 is 3.27. The molecule has 1 N–H and O–H groups in total. The van der Waals surface area contributed by atoms with Gasteiger partial charge in [0.2, 0.25) is 10.0 Å². The van der Waals surface area contributed by atoms with E-state index in [2.05, 4.69) is 15.9 Å². The minimum absolute atomic E-state index is 0.116. The van der Waals surface area contributed by atoms with E-state index in [4.69, 9.17) is 5.11 Å². The average molecular weight is 362 g/mol. The van der Waals surface area contributed by atoms with E-state index in [1.807, 2.05) is 0 Å². The Hall–Kier alpha value is -0.920. The van der Waals surface area contributed by atoms with Gasteiger partial charge in [0.05, 0.1) is 10.8 Å². The quantitative estimate of drug-likeness (QED) is 0.890. The second-order valence-electron chi connectivity index (χ2n) is 5.12. The summed E-state index contributed by atoms with van der Waals surface area (Å²) in [6, 6.07) is 5.12. The Labute approximate surface area is 126 Å². The highest BCUT2D eigenvalue weighted by Gasteiger charge is 2.41. The second kappa shape index (κ2) is 5.46. The number of aryl methyl sites for hydroxylation is 1. The molecule has 1 aromatic rings. The molecular formula is C13H16BrNO4S. The number of nitrogens with zero attached hydrogens (tertiary/aromatic N) is 1. The zero-order valence-electron chi connectivity index (χ0n) is 11.2. The first-order valence-corrected chi connectivity index (χ1v) is 8.46. The third-order valence-electron chi connectivity index (χ3n) is 3.74. The van der Waals surface area contributed by atoms with Crippen molar-refractivity contribution < 1.29 is 18.3 Å². The molecule has 0 bridgehead atoms. The third-order valence-corrected chi connectivity index (χ3v) is 6.21. The van der Waals surface area contributed by atoms with Crippen molar-refractivity contribution in [2.45, 2.75) is 18.7 Å². The molecule has 20 heavy (non-hydrogen) atoms. The molecule has 1 atom stereocenters. The zero-order valence-corrected chi connectivity index (χ0v) is 13.6. The van der Waals surface area contributed by atoms with Gasteiger partial charge in [-0.2, -0.15) is 4.31 Å². The van der Waals surface area contributed by atoms with Crippen LogP contribution in [-0.2, 0) is 14.8 Å². The fourth-order valence-electron chi connectivity index (χ4n) is 2.17. The van der Waals surface area contributed by atoms with Gasteiger partial charge in [0.1, 0.15) is 0 Å². The third kappa shape index (κ3) is 2.75. The van der Waals surface area contributed by atoms with Gasteiger partial charge in [-0.25, -0.2) is 8.42 Å². The second-order valence-corrected chi connectivity index (χ2v) is 7.94. The SMILES string of the molecule is Cc1ccc(Br)cc1S(=O)(=O)N1CC(C(C)C(=O)O)C1. The molecule has 0 spiro atoms. The van der Waals surface area contributed by atoms with Crippen molar-refractivity contribution >= 4 is 31.9 Å². The van der Waals surface area contributed by atoms with Crippen LogP contribution in [0.5, 0.6) is 0 Å². The molecule has 1 aromatic carbocycles. The Morgan fingerprint density at radius 3 is 2.60 bits per heavy atom. The number of carbonyl (C=O) groups is 1. The average Bonchev–Trinajstić information content (AvgIpc) is 2.29. The van der Waals surface area contributed by atoms with Gasteiger partial charge in [-0.3, -0.25) is 4.79 Å². The number of rotatable bonds is 4. The maximum atomic E-state index is 12.5. The first-order chi connectivity index (χ1) is 9.23. The molecule has 2 rings (SSSR count). The number of hydrogen-bond donors (Lipinski definition) is 1. The van der Waals surface area contributed by atoms with Crippen LogP contribution in [0.25, 0.3) is 0 Å². The smallest absolute Gasteiger partial charge is 0.306 e. The predicted molar refractivity (Wildman–Crippen MR) is 77.9 cm³/mol. The molecule has 1 fully saturated rings. The number of benzene rings is 1. The number of carboxylic acid groups (broad SMARTS) is 1. The lowest BCUT2D eigenvalue weighted by Crippen LogP contribution is -2.53. The fraction of sp³-hybridized carbons (Fsp3) is 0.462. The summed E-state index contributed by atoms with van der Waals surface area (Å²) in [5.74, 6) is -1.52.